The number of rotatable bonds is 6. The van der Waals surface area contributed by atoms with Gasteiger partial charge in [-0.2, -0.15) is 0 Å². The summed E-state index contributed by atoms with van der Waals surface area (Å²) in [5, 5.41) is 13.5. The number of carboxylic acids is 1. The molecule has 0 saturated carbocycles. The average molecular weight is 477 g/mol. The number of anilines is 1. The number of aliphatic carboxylic acids is 1. The van der Waals surface area contributed by atoms with Gasteiger partial charge in [-0.05, 0) is 42.4 Å². The van der Waals surface area contributed by atoms with E-state index >= 15 is 0 Å². The Morgan fingerprint density at radius 3 is 2.66 bits per heavy atom. The van der Waals surface area contributed by atoms with E-state index < -0.39 is 11.5 Å². The number of methoxy groups -OCH3 is 2. The summed E-state index contributed by atoms with van der Waals surface area (Å²) in [6.45, 7) is 3.66. The maximum Gasteiger partial charge on any atom is 0.334 e. The van der Waals surface area contributed by atoms with Gasteiger partial charge in [0.1, 0.15) is 11.3 Å². The molecule has 0 aromatic heterocycles. The number of hydrogen-bond acceptors (Lipinski definition) is 6. The number of nitrogens with zero attached hydrogens (tertiary/aromatic N) is 1. The number of ketones is 1. The molecule has 2 fully saturated rings. The molecule has 4 atom stereocenters. The molecule has 184 valence electrons. The third kappa shape index (κ3) is 3.60. The van der Waals surface area contributed by atoms with Crippen molar-refractivity contribution in [2.45, 2.75) is 37.8 Å². The van der Waals surface area contributed by atoms with Gasteiger partial charge in [-0.25, -0.2) is 4.79 Å². The predicted octanol–water partition coefficient (Wildman–Crippen LogP) is 4.44. The Morgan fingerprint density at radius 2 is 2.00 bits per heavy atom. The lowest BCUT2D eigenvalue weighted by atomic mass is 9.72. The smallest absolute Gasteiger partial charge is 0.334 e. The molecular formula is C28H32N2O5. The molecule has 0 amide bonds. The van der Waals surface area contributed by atoms with Crippen molar-refractivity contribution >= 4 is 17.4 Å². The number of carboxylic acid groups (broad SMARTS) is 1. The number of benzene rings is 2. The largest absolute Gasteiger partial charge is 0.504 e. The summed E-state index contributed by atoms with van der Waals surface area (Å²) in [7, 11) is 3.09. The summed E-state index contributed by atoms with van der Waals surface area (Å²) in [6, 6.07) is 13.8. The van der Waals surface area contributed by atoms with Gasteiger partial charge >= 0.3 is 5.97 Å². The van der Waals surface area contributed by atoms with Gasteiger partial charge < -0.3 is 19.9 Å². The lowest BCUT2D eigenvalue weighted by molar-refractivity contribution is -0.134. The minimum atomic E-state index is -0.959. The van der Waals surface area contributed by atoms with Gasteiger partial charge in [0, 0.05) is 30.4 Å². The zero-order valence-corrected chi connectivity index (χ0v) is 20.4. The number of fused-ring (bicyclic) bond motifs is 3. The Balaban J connectivity index is 1.54. The van der Waals surface area contributed by atoms with Crippen LogP contribution in [-0.4, -0.2) is 60.6 Å². The molecule has 7 heteroatoms. The summed E-state index contributed by atoms with van der Waals surface area (Å²) in [6.07, 6.45) is 3.49. The minimum Gasteiger partial charge on any atom is -0.504 e. The fraction of sp³-hybridized carbons (Fsp3) is 0.429. The van der Waals surface area contributed by atoms with E-state index in [-0.39, 0.29) is 29.2 Å². The maximum absolute atomic E-state index is 14.2. The van der Waals surface area contributed by atoms with Crippen molar-refractivity contribution in [3.8, 4) is 16.9 Å². The second-order valence-electron chi connectivity index (χ2n) is 9.75. The molecule has 2 aromatic rings. The van der Waals surface area contributed by atoms with Crippen LogP contribution in [0.15, 0.2) is 54.3 Å². The van der Waals surface area contributed by atoms with Crippen molar-refractivity contribution in [2.24, 2.45) is 11.8 Å². The summed E-state index contributed by atoms with van der Waals surface area (Å²) < 4.78 is 11.0. The molecule has 35 heavy (non-hydrogen) atoms. The zero-order valence-electron chi connectivity index (χ0n) is 20.4. The van der Waals surface area contributed by atoms with Crippen LogP contribution in [0.4, 0.5) is 5.69 Å². The van der Waals surface area contributed by atoms with Crippen molar-refractivity contribution in [3.05, 3.63) is 59.9 Å². The lowest BCUT2D eigenvalue weighted by Crippen LogP contribution is -2.57. The van der Waals surface area contributed by atoms with Crippen molar-refractivity contribution in [1.29, 1.82) is 0 Å². The Hall–Kier alpha value is -3.32. The monoisotopic (exact) mass is 476 g/mol. The average Bonchev–Trinajstić information content (AvgIpc) is 3.38. The minimum absolute atomic E-state index is 0.0379. The number of hydrogen-bond donors (Lipinski definition) is 2. The number of piperidine rings is 1. The van der Waals surface area contributed by atoms with Crippen molar-refractivity contribution in [2.75, 3.05) is 32.6 Å². The van der Waals surface area contributed by atoms with Gasteiger partial charge in [-0.3, -0.25) is 9.69 Å². The van der Waals surface area contributed by atoms with Gasteiger partial charge in [-0.15, -0.1) is 0 Å². The fourth-order valence-corrected chi connectivity index (χ4v) is 6.50. The first-order chi connectivity index (χ1) is 16.9. The molecule has 5 rings (SSSR count). The highest BCUT2D eigenvalue weighted by atomic mass is 16.5. The number of carbonyl (C=O) groups is 2. The molecule has 0 radical (unpaired) electrons. The number of ether oxygens (including phenoxy) is 2. The fourth-order valence-electron chi connectivity index (χ4n) is 6.50. The Morgan fingerprint density at radius 1 is 1.23 bits per heavy atom. The number of nitrogens with one attached hydrogen (secondary N) is 1. The van der Waals surface area contributed by atoms with E-state index in [1.54, 1.807) is 7.11 Å². The molecule has 2 N–H and O–H groups in total. The van der Waals surface area contributed by atoms with Crippen LogP contribution in [0, 0.1) is 11.8 Å². The predicted molar refractivity (Wildman–Crippen MR) is 134 cm³/mol. The lowest BCUT2D eigenvalue weighted by Gasteiger charge is -2.45. The molecule has 2 aromatic carbocycles. The molecule has 1 spiro atoms. The number of carbonyl (C=O) groups excluding carboxylic acids is 1. The van der Waals surface area contributed by atoms with E-state index in [2.05, 4.69) is 17.1 Å². The molecule has 7 nitrogen and oxygen atoms in total. The molecule has 0 aliphatic carbocycles. The van der Waals surface area contributed by atoms with E-state index in [9.17, 15) is 14.7 Å². The highest BCUT2D eigenvalue weighted by Gasteiger charge is 2.60. The second kappa shape index (κ2) is 9.04. The van der Waals surface area contributed by atoms with Crippen LogP contribution in [0.1, 0.15) is 36.5 Å². The number of Topliss-reactive ketones (excluding diaryl/α,β-unsaturated/α-hetero) is 1. The topological polar surface area (TPSA) is 88.1 Å². The van der Waals surface area contributed by atoms with Crippen LogP contribution in [0.25, 0.3) is 11.1 Å². The van der Waals surface area contributed by atoms with Crippen molar-refractivity contribution in [1.82, 2.24) is 4.90 Å². The van der Waals surface area contributed by atoms with E-state index in [0.29, 0.717) is 24.2 Å². The molecule has 0 bridgehead atoms. The highest BCUT2D eigenvalue weighted by molar-refractivity contribution is 6.17. The van der Waals surface area contributed by atoms with Gasteiger partial charge in [0.15, 0.2) is 5.78 Å². The SMILES string of the molecule is CC[C@@H]1CN2CCC3(Nc4ccc(-c5ccccc5)c(OC)c4C3=O)C2C[C@@H]1/C(=C\OC)C(=O)O. The van der Waals surface area contributed by atoms with Crippen LogP contribution >= 0.6 is 0 Å². The first-order valence-electron chi connectivity index (χ1n) is 12.2. The van der Waals surface area contributed by atoms with Gasteiger partial charge in [0.25, 0.3) is 0 Å². The third-order valence-corrected chi connectivity index (χ3v) is 8.17. The van der Waals surface area contributed by atoms with E-state index in [1.807, 2.05) is 42.5 Å². The molecule has 3 aliphatic heterocycles. The second-order valence-corrected chi connectivity index (χ2v) is 9.75. The Kier molecular flexibility index (Phi) is 6.05. The van der Waals surface area contributed by atoms with Crippen LogP contribution in [-0.2, 0) is 9.53 Å². The standard InChI is InChI=1S/C28H32N2O5/c1-4-17-15-30-13-12-28(23(30)14-20(17)21(16-34-2)27(32)33)26(31)24-22(29-28)11-10-19(25(24)35-3)18-8-6-5-7-9-18/h5-11,16-17,20,23,29H,4,12-15H2,1-3H3,(H,32,33)/b21-16+/t17-,20+,23?,28?/m1/s1. The first kappa shape index (κ1) is 23.4. The molecule has 3 aliphatic rings. The summed E-state index contributed by atoms with van der Waals surface area (Å²) in [5.41, 5.74) is 2.75. The van der Waals surface area contributed by atoms with Crippen LogP contribution in [0.2, 0.25) is 0 Å². The summed E-state index contributed by atoms with van der Waals surface area (Å²) >= 11 is 0. The quantitative estimate of drug-likeness (QED) is 0.471. The van der Waals surface area contributed by atoms with E-state index in [0.717, 1.165) is 36.3 Å². The molecular weight excluding hydrogens is 444 g/mol. The van der Waals surface area contributed by atoms with E-state index in [1.165, 1.54) is 13.4 Å². The summed E-state index contributed by atoms with van der Waals surface area (Å²) in [4.78, 5) is 28.7. The van der Waals surface area contributed by atoms with Crippen LogP contribution in [0.5, 0.6) is 5.75 Å². The zero-order chi connectivity index (χ0) is 24.7. The Labute approximate surface area is 205 Å². The highest BCUT2D eigenvalue weighted by Crippen LogP contribution is 2.52. The van der Waals surface area contributed by atoms with Crippen molar-refractivity contribution in [3.63, 3.8) is 0 Å². The van der Waals surface area contributed by atoms with Gasteiger partial charge in [0.05, 0.1) is 31.6 Å². The van der Waals surface area contributed by atoms with Gasteiger partial charge in [0.2, 0.25) is 0 Å². The third-order valence-electron chi connectivity index (χ3n) is 8.17. The van der Waals surface area contributed by atoms with Crippen LogP contribution in [0.3, 0.4) is 0 Å². The molecule has 2 saturated heterocycles. The normalized spacial score (nSPS) is 27.9. The summed E-state index contributed by atoms with van der Waals surface area (Å²) in [5.74, 6) is -0.327. The first-order valence-corrected chi connectivity index (χ1v) is 12.2. The van der Waals surface area contributed by atoms with E-state index in [4.69, 9.17) is 9.47 Å². The van der Waals surface area contributed by atoms with Crippen molar-refractivity contribution < 1.29 is 24.2 Å². The van der Waals surface area contributed by atoms with Gasteiger partial charge in [-0.1, -0.05) is 43.7 Å². The molecule has 3 heterocycles. The van der Waals surface area contributed by atoms with Crippen LogP contribution < -0.4 is 10.1 Å². The Bertz CT molecular complexity index is 1180. The molecule has 2 unspecified atom stereocenters. The maximum atomic E-state index is 14.2.